The molecule has 0 aliphatic rings. The van der Waals surface area contributed by atoms with E-state index in [1.807, 2.05) is 20.8 Å². The first-order chi connectivity index (χ1) is 10.8. The highest BCUT2D eigenvalue weighted by Gasteiger charge is 2.13. The van der Waals surface area contributed by atoms with Gasteiger partial charge in [-0.1, -0.05) is 26.3 Å². The molecule has 0 heterocycles. The number of allylic oxidation sites excluding steroid dienone is 1. The smallest absolute Gasteiger partial charge is 0.323 e. The summed E-state index contributed by atoms with van der Waals surface area (Å²) < 4.78 is 11.0. The van der Waals surface area contributed by atoms with Crippen LogP contribution < -0.4 is 20.1 Å². The van der Waals surface area contributed by atoms with Gasteiger partial charge >= 0.3 is 6.03 Å². The van der Waals surface area contributed by atoms with Crippen LogP contribution in [0, 0.1) is 5.41 Å². The van der Waals surface area contributed by atoms with Gasteiger partial charge in [0.2, 0.25) is 0 Å². The fraction of sp³-hybridized carbons (Fsp3) is 0.500. The molecule has 1 aromatic rings. The molecule has 0 unspecified atom stereocenters. The number of amides is 2. The van der Waals surface area contributed by atoms with E-state index in [-0.39, 0.29) is 11.4 Å². The van der Waals surface area contributed by atoms with Crippen LogP contribution in [-0.2, 0) is 0 Å². The van der Waals surface area contributed by atoms with Crippen LogP contribution in [-0.4, -0.2) is 19.2 Å². The lowest BCUT2D eigenvalue weighted by Gasteiger charge is -2.19. The topological polar surface area (TPSA) is 59.6 Å². The van der Waals surface area contributed by atoms with Crippen molar-refractivity contribution < 1.29 is 14.3 Å². The molecule has 0 aromatic heterocycles. The molecule has 0 radical (unpaired) electrons. The van der Waals surface area contributed by atoms with Crippen molar-refractivity contribution in [3.05, 3.63) is 30.0 Å². The van der Waals surface area contributed by atoms with Crippen LogP contribution >= 0.6 is 0 Å². The average molecular weight is 320 g/mol. The number of hydrogen-bond donors (Lipinski definition) is 2. The minimum Gasteiger partial charge on any atom is -0.490 e. The molecule has 0 saturated heterocycles. The van der Waals surface area contributed by atoms with Crippen molar-refractivity contribution in [1.29, 1.82) is 0 Å². The molecule has 0 aliphatic heterocycles. The van der Waals surface area contributed by atoms with Gasteiger partial charge in [-0.25, -0.2) is 4.79 Å². The van der Waals surface area contributed by atoms with Crippen molar-refractivity contribution >= 4 is 11.7 Å². The van der Waals surface area contributed by atoms with E-state index in [1.54, 1.807) is 24.4 Å². The molecule has 0 atom stereocenters. The van der Waals surface area contributed by atoms with E-state index in [0.717, 1.165) is 5.57 Å². The van der Waals surface area contributed by atoms with Gasteiger partial charge in [0.05, 0.1) is 13.2 Å². The second-order valence-corrected chi connectivity index (χ2v) is 6.20. The Morgan fingerprint density at radius 3 is 2.30 bits per heavy atom. The summed E-state index contributed by atoms with van der Waals surface area (Å²) in [5.74, 6) is 1.29. The number of nitrogens with one attached hydrogen (secondary N) is 2. The predicted molar refractivity (Wildman–Crippen MR) is 94.1 cm³/mol. The first-order valence-electron chi connectivity index (χ1n) is 7.92. The molecule has 1 rings (SSSR count). The summed E-state index contributed by atoms with van der Waals surface area (Å²) in [6, 6.07) is 5.04. The van der Waals surface area contributed by atoms with Crippen LogP contribution in [0.1, 0.15) is 41.5 Å². The maximum atomic E-state index is 12.0. The Bertz CT molecular complexity index is 560. The fourth-order valence-corrected chi connectivity index (χ4v) is 1.69. The van der Waals surface area contributed by atoms with E-state index in [2.05, 4.69) is 31.4 Å². The van der Waals surface area contributed by atoms with Crippen molar-refractivity contribution in [3.63, 3.8) is 0 Å². The summed E-state index contributed by atoms with van der Waals surface area (Å²) in [7, 11) is 0. The highest BCUT2D eigenvalue weighted by atomic mass is 16.5. The van der Waals surface area contributed by atoms with Crippen molar-refractivity contribution in [2.45, 2.75) is 41.5 Å². The van der Waals surface area contributed by atoms with E-state index in [0.29, 0.717) is 30.4 Å². The molecule has 0 spiro atoms. The molecular weight excluding hydrogens is 292 g/mol. The van der Waals surface area contributed by atoms with Gasteiger partial charge in [-0.15, -0.1) is 0 Å². The van der Waals surface area contributed by atoms with E-state index in [1.165, 1.54) is 0 Å². The van der Waals surface area contributed by atoms with Gasteiger partial charge < -0.3 is 20.1 Å². The van der Waals surface area contributed by atoms with Gasteiger partial charge in [0.25, 0.3) is 0 Å². The summed E-state index contributed by atoms with van der Waals surface area (Å²) in [6.45, 7) is 13.2. The summed E-state index contributed by atoms with van der Waals surface area (Å²) in [5, 5.41) is 5.53. The second kappa shape index (κ2) is 8.46. The third kappa shape index (κ3) is 6.22. The first kappa shape index (κ1) is 18.9. The average Bonchev–Trinajstić information content (AvgIpc) is 2.47. The zero-order chi connectivity index (χ0) is 17.5. The Hall–Kier alpha value is -2.17. The Labute approximate surface area is 139 Å². The fourth-order valence-electron chi connectivity index (χ4n) is 1.69. The number of rotatable bonds is 6. The van der Waals surface area contributed by atoms with Gasteiger partial charge in [0, 0.05) is 18.0 Å². The SMILES string of the molecule is CCOc1ccc(NC(=O)N/C=C(\C)C(C)(C)C)cc1OCC. The Morgan fingerprint density at radius 1 is 1.13 bits per heavy atom. The predicted octanol–water partition coefficient (Wildman–Crippen LogP) is 4.56. The molecule has 0 aliphatic carbocycles. The lowest BCUT2D eigenvalue weighted by molar-refractivity contribution is 0.255. The molecule has 5 heteroatoms. The van der Waals surface area contributed by atoms with Crippen LogP contribution in [0.4, 0.5) is 10.5 Å². The molecule has 2 N–H and O–H groups in total. The molecule has 1 aromatic carbocycles. The summed E-state index contributed by atoms with van der Waals surface area (Å²) in [6.07, 6.45) is 1.73. The normalized spacial score (nSPS) is 11.8. The quantitative estimate of drug-likeness (QED) is 0.808. The molecule has 5 nitrogen and oxygen atoms in total. The van der Waals surface area contributed by atoms with E-state index < -0.39 is 0 Å². The van der Waals surface area contributed by atoms with Gasteiger partial charge in [0.1, 0.15) is 0 Å². The number of carbonyl (C=O) groups excluding carboxylic acids is 1. The van der Waals surface area contributed by atoms with Gasteiger partial charge in [-0.2, -0.15) is 0 Å². The zero-order valence-electron chi connectivity index (χ0n) is 14.9. The molecular formula is C18H28N2O3. The Kier molecular flexibility index (Phi) is 6.94. The minimum atomic E-state index is -0.291. The summed E-state index contributed by atoms with van der Waals surface area (Å²) in [4.78, 5) is 12.0. The monoisotopic (exact) mass is 320 g/mol. The Balaban J connectivity index is 2.76. The van der Waals surface area contributed by atoms with Crippen molar-refractivity contribution in [1.82, 2.24) is 5.32 Å². The van der Waals surface area contributed by atoms with Crippen molar-refractivity contribution in [2.24, 2.45) is 5.41 Å². The van der Waals surface area contributed by atoms with Crippen molar-refractivity contribution in [2.75, 3.05) is 18.5 Å². The minimum absolute atomic E-state index is 0.0224. The highest BCUT2D eigenvalue weighted by Crippen LogP contribution is 2.30. The molecule has 23 heavy (non-hydrogen) atoms. The lowest BCUT2D eigenvalue weighted by Crippen LogP contribution is -2.25. The molecule has 0 saturated carbocycles. The standard InChI is InChI=1S/C18H28N2O3/c1-7-22-15-10-9-14(11-16(15)23-8-2)20-17(21)19-12-13(3)18(4,5)6/h9-12H,7-8H2,1-6H3,(H2,19,20,21)/b13-12+. The summed E-state index contributed by atoms with van der Waals surface area (Å²) >= 11 is 0. The van der Waals surface area contributed by atoms with E-state index in [9.17, 15) is 4.79 Å². The number of anilines is 1. The number of benzene rings is 1. The number of ether oxygens (including phenoxy) is 2. The number of hydrogen-bond acceptors (Lipinski definition) is 3. The third-order valence-electron chi connectivity index (χ3n) is 3.40. The number of urea groups is 1. The van der Waals surface area contributed by atoms with Gasteiger partial charge in [0.15, 0.2) is 11.5 Å². The molecule has 128 valence electrons. The molecule has 0 fully saturated rings. The van der Waals surface area contributed by atoms with Gasteiger partial charge in [-0.3, -0.25) is 0 Å². The van der Waals surface area contributed by atoms with Gasteiger partial charge in [-0.05, 0) is 38.3 Å². The van der Waals surface area contributed by atoms with Crippen LogP contribution in [0.5, 0.6) is 11.5 Å². The van der Waals surface area contributed by atoms with Crippen LogP contribution in [0.2, 0.25) is 0 Å². The van der Waals surface area contributed by atoms with Crippen LogP contribution in [0.25, 0.3) is 0 Å². The van der Waals surface area contributed by atoms with E-state index in [4.69, 9.17) is 9.47 Å². The highest BCUT2D eigenvalue weighted by molar-refractivity contribution is 5.90. The Morgan fingerprint density at radius 2 is 1.74 bits per heavy atom. The van der Waals surface area contributed by atoms with Crippen LogP contribution in [0.3, 0.4) is 0 Å². The maximum Gasteiger partial charge on any atom is 0.323 e. The van der Waals surface area contributed by atoms with Crippen LogP contribution in [0.15, 0.2) is 30.0 Å². The summed E-state index contributed by atoms with van der Waals surface area (Å²) in [5.41, 5.74) is 1.76. The number of carbonyl (C=O) groups is 1. The molecule has 2 amide bonds. The lowest BCUT2D eigenvalue weighted by atomic mass is 9.88. The first-order valence-corrected chi connectivity index (χ1v) is 7.92. The second-order valence-electron chi connectivity index (χ2n) is 6.20. The van der Waals surface area contributed by atoms with E-state index >= 15 is 0 Å². The maximum absolute atomic E-state index is 12.0. The third-order valence-corrected chi connectivity index (χ3v) is 3.40. The zero-order valence-corrected chi connectivity index (χ0v) is 14.9. The largest absolute Gasteiger partial charge is 0.490 e. The molecule has 0 bridgehead atoms. The van der Waals surface area contributed by atoms with Crippen molar-refractivity contribution in [3.8, 4) is 11.5 Å².